The predicted molar refractivity (Wildman–Crippen MR) is 115 cm³/mol. The summed E-state index contributed by atoms with van der Waals surface area (Å²) >= 11 is 0. The van der Waals surface area contributed by atoms with Crippen molar-refractivity contribution in [2.24, 2.45) is 5.73 Å². The Kier molecular flexibility index (Phi) is 5.44. The molecule has 150 valence electrons. The molecule has 6 heteroatoms. The number of nitrogens with two attached hydrogens (primary N) is 1. The van der Waals surface area contributed by atoms with Gasteiger partial charge < -0.3 is 11.1 Å². The van der Waals surface area contributed by atoms with Crippen LogP contribution < -0.4 is 11.1 Å². The molecule has 0 aliphatic heterocycles. The largest absolute Gasteiger partial charge is 0.365 e. The van der Waals surface area contributed by atoms with Crippen molar-refractivity contribution in [3.8, 4) is 6.07 Å². The third kappa shape index (κ3) is 3.74. The van der Waals surface area contributed by atoms with Crippen molar-refractivity contribution >= 4 is 11.7 Å². The van der Waals surface area contributed by atoms with Crippen molar-refractivity contribution < 1.29 is 4.79 Å². The fraction of sp³-hybridized carbons (Fsp3) is 0.250. The molecule has 0 bridgehead atoms. The van der Waals surface area contributed by atoms with Gasteiger partial charge in [-0.15, -0.1) is 0 Å². The molecule has 3 N–H and O–H groups in total. The number of rotatable bonds is 6. The van der Waals surface area contributed by atoms with Gasteiger partial charge in [-0.05, 0) is 53.8 Å². The van der Waals surface area contributed by atoms with E-state index in [0.717, 1.165) is 42.4 Å². The molecule has 2 heterocycles. The van der Waals surface area contributed by atoms with Crippen LogP contribution in [0.25, 0.3) is 0 Å². The summed E-state index contributed by atoms with van der Waals surface area (Å²) in [4.78, 5) is 20.3. The van der Waals surface area contributed by atoms with Gasteiger partial charge >= 0.3 is 0 Å². The highest BCUT2D eigenvalue weighted by molar-refractivity contribution is 5.97. The second-order valence-electron chi connectivity index (χ2n) is 7.64. The van der Waals surface area contributed by atoms with Gasteiger partial charge in [0.15, 0.2) is 0 Å². The van der Waals surface area contributed by atoms with E-state index in [1.165, 1.54) is 0 Å². The summed E-state index contributed by atoms with van der Waals surface area (Å²) in [5.41, 5.74) is 8.53. The molecule has 1 aliphatic rings. The van der Waals surface area contributed by atoms with Crippen LogP contribution in [0.2, 0.25) is 0 Å². The van der Waals surface area contributed by atoms with Crippen LogP contribution in [0.1, 0.15) is 58.8 Å². The fourth-order valence-electron chi connectivity index (χ4n) is 4.21. The molecule has 1 aliphatic carbocycles. The number of aromatic nitrogens is 2. The SMILES string of the molecule is N#CC1(c2ccc(C(Nc3ncccc3C(N)=O)c3ccncc3)cc2)CCCC1. The average Bonchev–Trinajstić information content (AvgIpc) is 3.29. The zero-order valence-electron chi connectivity index (χ0n) is 16.6. The lowest BCUT2D eigenvalue weighted by Gasteiger charge is -2.24. The second kappa shape index (κ2) is 8.34. The number of nitriles is 1. The highest BCUT2D eigenvalue weighted by Crippen LogP contribution is 2.41. The zero-order chi connectivity index (χ0) is 21.0. The first kappa shape index (κ1) is 19.6. The van der Waals surface area contributed by atoms with Crippen LogP contribution in [-0.4, -0.2) is 15.9 Å². The van der Waals surface area contributed by atoms with Crippen molar-refractivity contribution in [3.63, 3.8) is 0 Å². The number of pyridine rings is 2. The molecular formula is C24H23N5O. The highest BCUT2D eigenvalue weighted by Gasteiger charge is 2.35. The summed E-state index contributed by atoms with van der Waals surface area (Å²) in [6.45, 7) is 0. The smallest absolute Gasteiger partial charge is 0.252 e. The van der Waals surface area contributed by atoms with E-state index in [9.17, 15) is 10.1 Å². The molecule has 1 saturated carbocycles. The Hall–Kier alpha value is -3.72. The van der Waals surface area contributed by atoms with E-state index in [4.69, 9.17) is 5.73 Å². The standard InChI is InChI=1S/C24H23N5O/c25-16-24(11-1-2-12-24)19-7-5-17(6-8-19)21(18-9-14-27-15-10-18)29-23-20(22(26)30)4-3-13-28-23/h3-10,13-15,21H,1-2,11-12H2,(H2,26,30)(H,28,29). The van der Waals surface area contributed by atoms with Crippen molar-refractivity contribution in [2.75, 3.05) is 5.32 Å². The van der Waals surface area contributed by atoms with Gasteiger partial charge in [0.25, 0.3) is 5.91 Å². The van der Waals surface area contributed by atoms with E-state index in [2.05, 4.69) is 21.4 Å². The molecule has 1 atom stereocenters. The summed E-state index contributed by atoms with van der Waals surface area (Å²) < 4.78 is 0. The summed E-state index contributed by atoms with van der Waals surface area (Å²) in [6, 6.07) is 17.7. The summed E-state index contributed by atoms with van der Waals surface area (Å²) in [5.74, 6) is -0.105. The van der Waals surface area contributed by atoms with Crippen LogP contribution in [0.4, 0.5) is 5.82 Å². The lowest BCUT2D eigenvalue weighted by Crippen LogP contribution is -2.21. The van der Waals surface area contributed by atoms with Crippen LogP contribution in [0, 0.1) is 11.3 Å². The van der Waals surface area contributed by atoms with Gasteiger partial charge in [0, 0.05) is 18.6 Å². The Bertz CT molecular complexity index is 1070. The molecule has 0 spiro atoms. The summed E-state index contributed by atoms with van der Waals surface area (Å²) in [5, 5.41) is 13.2. The zero-order valence-corrected chi connectivity index (χ0v) is 16.6. The summed E-state index contributed by atoms with van der Waals surface area (Å²) in [6.07, 6.45) is 9.08. The van der Waals surface area contributed by atoms with Crippen molar-refractivity contribution in [3.05, 3.63) is 89.4 Å². The number of hydrogen-bond acceptors (Lipinski definition) is 5. The monoisotopic (exact) mass is 397 g/mol. The molecular weight excluding hydrogens is 374 g/mol. The first-order chi connectivity index (χ1) is 14.6. The number of nitrogens with one attached hydrogen (secondary N) is 1. The molecule has 1 unspecified atom stereocenters. The van der Waals surface area contributed by atoms with Gasteiger partial charge in [-0.1, -0.05) is 37.1 Å². The minimum atomic E-state index is -0.536. The Morgan fingerprint density at radius 2 is 1.70 bits per heavy atom. The number of anilines is 1. The molecule has 4 rings (SSSR count). The van der Waals surface area contributed by atoms with E-state index < -0.39 is 5.91 Å². The lowest BCUT2D eigenvalue weighted by molar-refractivity contribution is 0.100. The lowest BCUT2D eigenvalue weighted by atomic mass is 9.80. The first-order valence-corrected chi connectivity index (χ1v) is 10.1. The maximum absolute atomic E-state index is 11.8. The van der Waals surface area contributed by atoms with E-state index in [1.54, 1.807) is 30.7 Å². The third-order valence-corrected chi connectivity index (χ3v) is 5.86. The van der Waals surface area contributed by atoms with Crippen molar-refractivity contribution in [1.29, 1.82) is 5.26 Å². The Labute approximate surface area is 175 Å². The van der Waals surface area contributed by atoms with Crippen LogP contribution in [0.5, 0.6) is 0 Å². The molecule has 0 radical (unpaired) electrons. The summed E-state index contributed by atoms with van der Waals surface area (Å²) in [7, 11) is 0. The predicted octanol–water partition coefficient (Wildman–Crippen LogP) is 4.11. The number of carbonyl (C=O) groups excluding carboxylic acids is 1. The van der Waals surface area contributed by atoms with Gasteiger partial charge in [0.05, 0.1) is 23.1 Å². The van der Waals surface area contributed by atoms with Gasteiger partial charge in [0.1, 0.15) is 5.82 Å². The molecule has 3 aromatic rings. The van der Waals surface area contributed by atoms with E-state index >= 15 is 0 Å². The Morgan fingerprint density at radius 1 is 1.03 bits per heavy atom. The van der Waals surface area contributed by atoms with Gasteiger partial charge in [-0.2, -0.15) is 5.26 Å². The minimum Gasteiger partial charge on any atom is -0.365 e. The van der Waals surface area contributed by atoms with E-state index in [1.807, 2.05) is 36.4 Å². The van der Waals surface area contributed by atoms with Crippen LogP contribution >= 0.6 is 0 Å². The Balaban J connectivity index is 1.71. The maximum atomic E-state index is 11.8. The van der Waals surface area contributed by atoms with Crippen LogP contribution in [0.3, 0.4) is 0 Å². The molecule has 1 fully saturated rings. The average molecular weight is 397 g/mol. The fourth-order valence-corrected chi connectivity index (χ4v) is 4.21. The third-order valence-electron chi connectivity index (χ3n) is 5.86. The van der Waals surface area contributed by atoms with Gasteiger partial charge in [0.2, 0.25) is 0 Å². The number of hydrogen-bond donors (Lipinski definition) is 2. The molecule has 2 aromatic heterocycles. The molecule has 30 heavy (non-hydrogen) atoms. The number of benzene rings is 1. The van der Waals surface area contributed by atoms with E-state index in [0.29, 0.717) is 11.4 Å². The maximum Gasteiger partial charge on any atom is 0.252 e. The van der Waals surface area contributed by atoms with Crippen LogP contribution in [-0.2, 0) is 5.41 Å². The molecule has 1 aromatic carbocycles. The second-order valence-corrected chi connectivity index (χ2v) is 7.64. The molecule has 1 amide bonds. The van der Waals surface area contributed by atoms with Crippen molar-refractivity contribution in [1.82, 2.24) is 9.97 Å². The normalized spacial score (nSPS) is 15.8. The number of carbonyl (C=O) groups is 1. The minimum absolute atomic E-state index is 0.253. The topological polar surface area (TPSA) is 105 Å². The molecule has 0 saturated heterocycles. The number of primary amides is 1. The first-order valence-electron chi connectivity index (χ1n) is 10.1. The Morgan fingerprint density at radius 3 is 2.33 bits per heavy atom. The van der Waals surface area contributed by atoms with E-state index in [-0.39, 0.29) is 11.5 Å². The number of nitrogens with zero attached hydrogens (tertiary/aromatic N) is 3. The van der Waals surface area contributed by atoms with Crippen LogP contribution in [0.15, 0.2) is 67.1 Å². The molecule has 6 nitrogen and oxygen atoms in total. The van der Waals surface area contributed by atoms with Crippen molar-refractivity contribution in [2.45, 2.75) is 37.1 Å². The number of amides is 1. The van der Waals surface area contributed by atoms with Gasteiger partial charge in [-0.25, -0.2) is 4.98 Å². The highest BCUT2D eigenvalue weighted by atomic mass is 16.1. The van der Waals surface area contributed by atoms with Gasteiger partial charge in [-0.3, -0.25) is 9.78 Å². The quantitative estimate of drug-likeness (QED) is 0.651.